The van der Waals surface area contributed by atoms with E-state index in [0.717, 1.165) is 6.07 Å². The van der Waals surface area contributed by atoms with Gasteiger partial charge in [0.1, 0.15) is 5.82 Å². The van der Waals surface area contributed by atoms with Crippen molar-refractivity contribution < 1.29 is 12.8 Å². The zero-order valence-electron chi connectivity index (χ0n) is 11.7. The fourth-order valence-corrected chi connectivity index (χ4v) is 3.28. The first kappa shape index (κ1) is 15.4. The fraction of sp³-hybridized carbons (Fsp3) is 0.214. The Morgan fingerprint density at radius 3 is 2.71 bits per heavy atom. The van der Waals surface area contributed by atoms with Gasteiger partial charge >= 0.3 is 0 Å². The second-order valence-electron chi connectivity index (χ2n) is 4.52. The van der Waals surface area contributed by atoms with E-state index < -0.39 is 15.8 Å². The van der Waals surface area contributed by atoms with Gasteiger partial charge in [0.15, 0.2) is 0 Å². The number of anilines is 1. The molecule has 0 saturated carbocycles. The van der Waals surface area contributed by atoms with Gasteiger partial charge in [-0.2, -0.15) is 0 Å². The molecule has 1 aromatic carbocycles. The number of halogens is 1. The molecule has 0 amide bonds. The molecule has 5 nitrogen and oxygen atoms in total. The number of hydrogen-bond acceptors (Lipinski definition) is 4. The highest BCUT2D eigenvalue weighted by Crippen LogP contribution is 2.22. The van der Waals surface area contributed by atoms with Crippen molar-refractivity contribution in [3.05, 3.63) is 53.6 Å². The van der Waals surface area contributed by atoms with E-state index in [0.29, 0.717) is 23.5 Å². The first-order chi connectivity index (χ1) is 9.94. The molecule has 0 aliphatic heterocycles. The number of nitrogens with zero attached hydrogens (tertiary/aromatic N) is 1. The Balaban J connectivity index is 2.44. The Morgan fingerprint density at radius 2 is 2.05 bits per heavy atom. The molecule has 2 aromatic rings. The number of aromatic nitrogens is 1. The summed E-state index contributed by atoms with van der Waals surface area (Å²) in [6.07, 6.45) is 1.57. The summed E-state index contributed by atoms with van der Waals surface area (Å²) in [5.74, 6) is -0.599. The summed E-state index contributed by atoms with van der Waals surface area (Å²) in [6.45, 7) is 2.01. The number of rotatable bonds is 5. The molecule has 0 spiro atoms. The number of benzene rings is 1. The van der Waals surface area contributed by atoms with E-state index in [9.17, 15) is 12.8 Å². The third kappa shape index (κ3) is 3.56. The summed E-state index contributed by atoms with van der Waals surface area (Å²) >= 11 is 0. The van der Waals surface area contributed by atoms with E-state index in [1.165, 1.54) is 12.1 Å². The van der Waals surface area contributed by atoms with E-state index in [1.807, 2.05) is 0 Å². The predicted molar refractivity (Wildman–Crippen MR) is 78.9 cm³/mol. The van der Waals surface area contributed by atoms with Crippen molar-refractivity contribution in [3.63, 3.8) is 0 Å². The van der Waals surface area contributed by atoms with Crippen molar-refractivity contribution in [2.75, 3.05) is 11.8 Å². The molecule has 112 valence electrons. The highest BCUT2D eigenvalue weighted by molar-refractivity contribution is 7.92. The van der Waals surface area contributed by atoms with Gasteiger partial charge in [-0.3, -0.25) is 9.71 Å². The number of nitrogens with one attached hydrogen (secondary N) is 2. The maximum Gasteiger partial charge on any atom is 0.262 e. The molecule has 0 aliphatic carbocycles. The van der Waals surface area contributed by atoms with Crippen LogP contribution in [0.5, 0.6) is 0 Å². The molecule has 0 atom stereocenters. The van der Waals surface area contributed by atoms with E-state index >= 15 is 0 Å². The number of aryl methyl sites for hydroxylation is 1. The fourth-order valence-electron chi connectivity index (χ4n) is 1.91. The molecule has 0 radical (unpaired) electrons. The van der Waals surface area contributed by atoms with Gasteiger partial charge in [0.25, 0.3) is 10.0 Å². The van der Waals surface area contributed by atoms with E-state index in [4.69, 9.17) is 0 Å². The summed E-state index contributed by atoms with van der Waals surface area (Å²) in [7, 11) is -2.19. The van der Waals surface area contributed by atoms with Gasteiger partial charge < -0.3 is 5.32 Å². The summed E-state index contributed by atoms with van der Waals surface area (Å²) in [5.41, 5.74) is 1.41. The molecule has 0 saturated heterocycles. The van der Waals surface area contributed by atoms with Gasteiger partial charge in [-0.25, -0.2) is 12.8 Å². The van der Waals surface area contributed by atoms with Crippen LogP contribution in [0.1, 0.15) is 11.3 Å². The molecule has 2 rings (SSSR count). The molecule has 1 heterocycles. The lowest BCUT2D eigenvalue weighted by Gasteiger charge is -2.13. The van der Waals surface area contributed by atoms with Gasteiger partial charge in [-0.1, -0.05) is 6.07 Å². The van der Waals surface area contributed by atoms with Crippen LogP contribution in [0.15, 0.2) is 41.4 Å². The van der Waals surface area contributed by atoms with Gasteiger partial charge in [0, 0.05) is 12.7 Å². The molecule has 0 bridgehead atoms. The minimum Gasteiger partial charge on any atom is -0.316 e. The van der Waals surface area contributed by atoms with E-state index in [-0.39, 0.29) is 4.90 Å². The molecular formula is C14H16FN3O2S. The maximum absolute atomic E-state index is 13.4. The Morgan fingerprint density at radius 1 is 1.29 bits per heavy atom. The van der Waals surface area contributed by atoms with Crippen LogP contribution < -0.4 is 10.0 Å². The number of pyridine rings is 1. The lowest BCUT2D eigenvalue weighted by atomic mass is 10.2. The molecule has 0 unspecified atom stereocenters. The Hall–Kier alpha value is -1.99. The van der Waals surface area contributed by atoms with Gasteiger partial charge in [0.2, 0.25) is 0 Å². The third-order valence-corrected chi connectivity index (χ3v) is 4.38. The van der Waals surface area contributed by atoms with Crippen LogP contribution in [-0.2, 0) is 16.6 Å². The number of sulfonamides is 1. The Kier molecular flexibility index (Phi) is 4.54. The highest BCUT2D eigenvalue weighted by atomic mass is 32.2. The second-order valence-corrected chi connectivity index (χ2v) is 6.18. The lowest BCUT2D eigenvalue weighted by Crippen LogP contribution is -2.18. The second kappa shape index (κ2) is 6.19. The topological polar surface area (TPSA) is 71.1 Å². The van der Waals surface area contributed by atoms with E-state index in [2.05, 4.69) is 15.0 Å². The summed E-state index contributed by atoms with van der Waals surface area (Å²) < 4.78 is 40.8. The van der Waals surface area contributed by atoms with Crippen molar-refractivity contribution in [1.29, 1.82) is 0 Å². The van der Waals surface area contributed by atoms with Crippen molar-refractivity contribution in [2.45, 2.75) is 18.4 Å². The summed E-state index contributed by atoms with van der Waals surface area (Å²) in [6, 6.07) is 6.94. The predicted octanol–water partition coefficient (Wildman–Crippen LogP) is 2.05. The van der Waals surface area contributed by atoms with Crippen LogP contribution in [0, 0.1) is 12.7 Å². The average Bonchev–Trinajstić information content (AvgIpc) is 2.43. The first-order valence-corrected chi connectivity index (χ1v) is 7.80. The van der Waals surface area contributed by atoms with Gasteiger partial charge in [0.05, 0.1) is 16.3 Å². The molecule has 1 aromatic heterocycles. The molecule has 21 heavy (non-hydrogen) atoms. The normalized spacial score (nSPS) is 11.4. The molecule has 7 heteroatoms. The van der Waals surface area contributed by atoms with Crippen molar-refractivity contribution >= 4 is 15.7 Å². The zero-order chi connectivity index (χ0) is 15.5. The molecular weight excluding hydrogens is 293 g/mol. The Bertz CT molecular complexity index is 748. The smallest absolute Gasteiger partial charge is 0.262 e. The van der Waals surface area contributed by atoms with Crippen molar-refractivity contribution in [2.24, 2.45) is 0 Å². The van der Waals surface area contributed by atoms with Gasteiger partial charge in [-0.05, 0) is 43.8 Å². The molecule has 0 fully saturated rings. The van der Waals surface area contributed by atoms with Crippen LogP contribution >= 0.6 is 0 Å². The quantitative estimate of drug-likeness (QED) is 0.887. The SMILES string of the molecule is CNCc1ccc(F)cc1S(=O)(=O)Nc1cccnc1C. The Labute approximate surface area is 123 Å². The largest absolute Gasteiger partial charge is 0.316 e. The number of hydrogen-bond donors (Lipinski definition) is 2. The van der Waals surface area contributed by atoms with Crippen LogP contribution in [0.3, 0.4) is 0 Å². The third-order valence-electron chi connectivity index (χ3n) is 2.94. The lowest BCUT2D eigenvalue weighted by molar-refractivity contribution is 0.592. The zero-order valence-corrected chi connectivity index (χ0v) is 12.5. The average molecular weight is 309 g/mol. The van der Waals surface area contributed by atoms with Crippen molar-refractivity contribution in [1.82, 2.24) is 10.3 Å². The van der Waals surface area contributed by atoms with Crippen molar-refractivity contribution in [3.8, 4) is 0 Å². The monoisotopic (exact) mass is 309 g/mol. The van der Waals surface area contributed by atoms with Crippen LogP contribution in [0.25, 0.3) is 0 Å². The molecule has 0 aliphatic rings. The minimum atomic E-state index is -3.88. The van der Waals surface area contributed by atoms with Crippen LogP contribution in [-0.4, -0.2) is 20.4 Å². The van der Waals surface area contributed by atoms with Crippen LogP contribution in [0.2, 0.25) is 0 Å². The molecule has 2 N–H and O–H groups in total. The highest BCUT2D eigenvalue weighted by Gasteiger charge is 2.20. The van der Waals surface area contributed by atoms with Gasteiger partial charge in [-0.15, -0.1) is 0 Å². The van der Waals surface area contributed by atoms with E-state index in [1.54, 1.807) is 32.3 Å². The first-order valence-electron chi connectivity index (χ1n) is 6.31. The minimum absolute atomic E-state index is 0.0832. The van der Waals surface area contributed by atoms with Crippen LogP contribution in [0.4, 0.5) is 10.1 Å². The standard InChI is InChI=1S/C14H16FN3O2S/c1-10-13(4-3-7-17-10)18-21(19,20)14-8-12(15)6-5-11(14)9-16-2/h3-8,16,18H,9H2,1-2H3. The summed E-state index contributed by atoms with van der Waals surface area (Å²) in [5, 5.41) is 2.86. The summed E-state index contributed by atoms with van der Waals surface area (Å²) in [4.78, 5) is 3.94. The maximum atomic E-state index is 13.4.